The Morgan fingerprint density at radius 2 is 1.86 bits per heavy atom. The Labute approximate surface area is 173 Å². The second-order valence-electron chi connectivity index (χ2n) is 7.95. The summed E-state index contributed by atoms with van der Waals surface area (Å²) in [6.45, 7) is 4.89. The highest BCUT2D eigenvalue weighted by Crippen LogP contribution is 2.19. The van der Waals surface area contributed by atoms with Crippen molar-refractivity contribution in [2.45, 2.75) is 71.3 Å². The Hall–Kier alpha value is -2.37. The zero-order valence-corrected chi connectivity index (χ0v) is 17.7. The normalized spacial score (nSPS) is 14.3. The number of hydrogen-bond acceptors (Lipinski definition) is 3. The van der Waals surface area contributed by atoms with Crippen LogP contribution in [0.1, 0.15) is 64.1 Å². The summed E-state index contributed by atoms with van der Waals surface area (Å²) in [5.41, 5.74) is 2.00. The van der Waals surface area contributed by atoms with Gasteiger partial charge in [0.1, 0.15) is 12.4 Å². The largest absolute Gasteiger partial charge is 0.356 e. The van der Waals surface area contributed by atoms with Gasteiger partial charge < -0.3 is 14.8 Å². The Morgan fingerprint density at radius 3 is 2.66 bits per heavy atom. The van der Waals surface area contributed by atoms with E-state index in [4.69, 9.17) is 4.98 Å². The van der Waals surface area contributed by atoms with Gasteiger partial charge in [0, 0.05) is 32.5 Å². The van der Waals surface area contributed by atoms with Crippen molar-refractivity contribution in [2.24, 2.45) is 0 Å². The van der Waals surface area contributed by atoms with Crippen LogP contribution in [-0.4, -0.2) is 45.9 Å². The van der Waals surface area contributed by atoms with Gasteiger partial charge in [-0.1, -0.05) is 25.5 Å². The molecule has 6 nitrogen and oxygen atoms in total. The fraction of sp³-hybridized carbons (Fsp3) is 0.609. The molecule has 1 aromatic carbocycles. The van der Waals surface area contributed by atoms with Crippen LogP contribution in [0.2, 0.25) is 0 Å². The molecule has 1 aromatic heterocycles. The minimum Gasteiger partial charge on any atom is -0.356 e. The average Bonchev–Trinajstić information content (AvgIpc) is 3.09. The molecule has 1 aliphatic rings. The van der Waals surface area contributed by atoms with Crippen LogP contribution >= 0.6 is 0 Å². The van der Waals surface area contributed by atoms with Gasteiger partial charge in [-0.15, -0.1) is 0 Å². The van der Waals surface area contributed by atoms with Crippen molar-refractivity contribution in [3.05, 3.63) is 30.1 Å². The van der Waals surface area contributed by atoms with Gasteiger partial charge in [0.2, 0.25) is 11.8 Å². The Morgan fingerprint density at radius 1 is 1.07 bits per heavy atom. The van der Waals surface area contributed by atoms with Crippen molar-refractivity contribution in [2.75, 3.05) is 19.6 Å². The minimum absolute atomic E-state index is 0.144. The lowest BCUT2D eigenvalue weighted by Crippen LogP contribution is -2.38. The molecule has 0 saturated carbocycles. The highest BCUT2D eigenvalue weighted by molar-refractivity contribution is 5.81. The van der Waals surface area contributed by atoms with Crippen molar-refractivity contribution in [1.82, 2.24) is 19.8 Å². The molecule has 1 aliphatic heterocycles. The molecule has 1 fully saturated rings. The monoisotopic (exact) mass is 398 g/mol. The van der Waals surface area contributed by atoms with Gasteiger partial charge in [-0.2, -0.15) is 0 Å². The first-order valence-electron chi connectivity index (χ1n) is 11.2. The molecule has 0 unspecified atom stereocenters. The van der Waals surface area contributed by atoms with Crippen LogP contribution in [0.5, 0.6) is 0 Å². The van der Waals surface area contributed by atoms with E-state index < -0.39 is 0 Å². The van der Waals surface area contributed by atoms with Gasteiger partial charge in [-0.25, -0.2) is 4.98 Å². The molecule has 1 N–H and O–H groups in total. The van der Waals surface area contributed by atoms with Gasteiger partial charge >= 0.3 is 0 Å². The molecule has 2 aromatic rings. The van der Waals surface area contributed by atoms with E-state index in [1.54, 1.807) is 0 Å². The van der Waals surface area contributed by atoms with Crippen molar-refractivity contribution in [1.29, 1.82) is 0 Å². The third kappa shape index (κ3) is 6.05. The first-order valence-corrected chi connectivity index (χ1v) is 11.2. The Kier molecular flexibility index (Phi) is 8.08. The number of imidazole rings is 1. The second kappa shape index (κ2) is 11.0. The number of hydrogen-bond donors (Lipinski definition) is 1. The summed E-state index contributed by atoms with van der Waals surface area (Å²) in [5.74, 6) is 1.34. The highest BCUT2D eigenvalue weighted by atomic mass is 16.2. The molecule has 2 heterocycles. The molecule has 0 spiro atoms. The lowest BCUT2D eigenvalue weighted by molar-refractivity contribution is -0.132. The maximum atomic E-state index is 12.8. The van der Waals surface area contributed by atoms with Crippen LogP contribution in [0.15, 0.2) is 24.3 Å². The summed E-state index contributed by atoms with van der Waals surface area (Å²) in [6, 6.07) is 8.08. The molecule has 1 saturated heterocycles. The van der Waals surface area contributed by atoms with Crippen molar-refractivity contribution < 1.29 is 9.59 Å². The number of carbonyl (C=O) groups excluding carboxylic acids is 2. The fourth-order valence-corrected chi connectivity index (χ4v) is 4.00. The maximum Gasteiger partial charge on any atom is 0.242 e. The fourth-order valence-electron chi connectivity index (χ4n) is 4.00. The lowest BCUT2D eigenvalue weighted by Gasteiger charge is -2.27. The van der Waals surface area contributed by atoms with E-state index in [0.29, 0.717) is 13.0 Å². The molecular weight excluding hydrogens is 364 g/mol. The number of aryl methyl sites for hydroxylation is 1. The van der Waals surface area contributed by atoms with Crippen molar-refractivity contribution in [3.63, 3.8) is 0 Å². The molecular formula is C23H34N4O2. The number of unbranched alkanes of at least 4 members (excludes halogenated alkanes) is 2. The van der Waals surface area contributed by atoms with Gasteiger partial charge in [0.15, 0.2) is 0 Å². The zero-order valence-electron chi connectivity index (χ0n) is 17.7. The maximum absolute atomic E-state index is 12.8. The Balaban J connectivity index is 1.56. The van der Waals surface area contributed by atoms with Crippen LogP contribution in [0.3, 0.4) is 0 Å². The van der Waals surface area contributed by atoms with Gasteiger partial charge in [-0.3, -0.25) is 9.59 Å². The lowest BCUT2D eigenvalue weighted by atomic mass is 10.1. The number of para-hydroxylation sites is 2. The van der Waals surface area contributed by atoms with Crippen LogP contribution in [0.4, 0.5) is 0 Å². The first kappa shape index (κ1) is 21.3. The van der Waals surface area contributed by atoms with E-state index in [1.807, 2.05) is 30.0 Å². The number of nitrogens with zero attached hydrogens (tertiary/aromatic N) is 3. The summed E-state index contributed by atoms with van der Waals surface area (Å²) in [7, 11) is 0. The Bertz CT molecular complexity index is 808. The zero-order chi connectivity index (χ0) is 20.5. The van der Waals surface area contributed by atoms with Crippen LogP contribution in [-0.2, 0) is 22.6 Å². The molecule has 29 heavy (non-hydrogen) atoms. The molecule has 0 atom stereocenters. The second-order valence-corrected chi connectivity index (χ2v) is 7.95. The van der Waals surface area contributed by atoms with Gasteiger partial charge in [-0.05, 0) is 50.7 Å². The summed E-state index contributed by atoms with van der Waals surface area (Å²) < 4.78 is 2.11. The quantitative estimate of drug-likeness (QED) is 0.621. The van der Waals surface area contributed by atoms with Gasteiger partial charge in [0.25, 0.3) is 0 Å². The molecule has 0 aliphatic carbocycles. The number of piperidine rings is 1. The third-order valence-corrected chi connectivity index (χ3v) is 5.61. The molecule has 2 amide bonds. The number of aromatic nitrogens is 2. The topological polar surface area (TPSA) is 67.2 Å². The van der Waals surface area contributed by atoms with Gasteiger partial charge in [0.05, 0.1) is 11.0 Å². The van der Waals surface area contributed by atoms with Crippen LogP contribution < -0.4 is 5.32 Å². The molecule has 0 bridgehead atoms. The van der Waals surface area contributed by atoms with E-state index in [2.05, 4.69) is 16.0 Å². The van der Waals surface area contributed by atoms with Crippen molar-refractivity contribution >= 4 is 22.8 Å². The number of carbonyl (C=O) groups is 2. The summed E-state index contributed by atoms with van der Waals surface area (Å²) >= 11 is 0. The van der Waals surface area contributed by atoms with Crippen molar-refractivity contribution in [3.8, 4) is 0 Å². The number of amides is 2. The van der Waals surface area contributed by atoms with Crippen LogP contribution in [0.25, 0.3) is 11.0 Å². The predicted molar refractivity (Wildman–Crippen MR) is 116 cm³/mol. The average molecular weight is 399 g/mol. The van der Waals surface area contributed by atoms with E-state index in [9.17, 15) is 9.59 Å². The predicted octanol–water partition coefficient (Wildman–Crippen LogP) is 3.68. The summed E-state index contributed by atoms with van der Waals surface area (Å²) in [6.07, 6.45) is 8.80. The molecule has 158 valence electrons. The summed E-state index contributed by atoms with van der Waals surface area (Å²) in [5, 5.41) is 2.97. The SMILES string of the molecule is CCCC(=O)NCCCCCc1nc2ccccc2n1CC(=O)N1CCCCC1. The number of fused-ring (bicyclic) bond motifs is 1. The van der Waals surface area contributed by atoms with Crippen LogP contribution in [0, 0.1) is 0 Å². The number of nitrogens with one attached hydrogen (secondary N) is 1. The van der Waals surface area contributed by atoms with E-state index in [0.717, 1.165) is 81.4 Å². The standard InChI is InChI=1S/C23H34N4O2/c1-2-11-22(28)24-15-8-3-5-14-21-25-19-12-6-7-13-20(19)27(21)18-23(29)26-16-9-4-10-17-26/h6-7,12-13H,2-5,8-11,14-18H2,1H3,(H,24,28). The molecule has 6 heteroatoms. The smallest absolute Gasteiger partial charge is 0.242 e. The summed E-state index contributed by atoms with van der Waals surface area (Å²) in [4.78, 5) is 31.1. The number of rotatable bonds is 10. The molecule has 0 radical (unpaired) electrons. The van der Waals surface area contributed by atoms with E-state index >= 15 is 0 Å². The van der Waals surface area contributed by atoms with E-state index in [1.165, 1.54) is 6.42 Å². The number of likely N-dealkylation sites (tertiary alicyclic amines) is 1. The van der Waals surface area contributed by atoms with E-state index in [-0.39, 0.29) is 11.8 Å². The third-order valence-electron chi connectivity index (χ3n) is 5.61. The number of benzene rings is 1. The highest BCUT2D eigenvalue weighted by Gasteiger charge is 2.19. The minimum atomic E-state index is 0.144. The first-order chi connectivity index (χ1) is 14.2. The molecule has 3 rings (SSSR count).